The molecule has 0 saturated heterocycles. The van der Waals surface area contributed by atoms with E-state index in [-0.39, 0.29) is 0 Å². The van der Waals surface area contributed by atoms with Gasteiger partial charge in [0.15, 0.2) is 0 Å². The first-order chi connectivity index (χ1) is 9.69. The molecule has 1 aromatic rings. The van der Waals surface area contributed by atoms with Crippen molar-refractivity contribution in [1.29, 1.82) is 0 Å². The molecule has 4 heteroatoms. The molecule has 0 amide bonds. The summed E-state index contributed by atoms with van der Waals surface area (Å²) in [6.45, 7) is 8.08. The van der Waals surface area contributed by atoms with Gasteiger partial charge in [0.25, 0.3) is 0 Å². The van der Waals surface area contributed by atoms with Crippen LogP contribution >= 0.6 is 0 Å². The molecule has 0 atom stereocenters. The molecule has 0 aliphatic heterocycles. The van der Waals surface area contributed by atoms with Gasteiger partial charge in [0.2, 0.25) is 0 Å². The van der Waals surface area contributed by atoms with Crippen LogP contribution in [0.15, 0.2) is 12.1 Å². The summed E-state index contributed by atoms with van der Waals surface area (Å²) >= 11 is 0. The fourth-order valence-electron chi connectivity index (χ4n) is 2.15. The van der Waals surface area contributed by atoms with Crippen LogP contribution in [0.3, 0.4) is 0 Å². The predicted molar refractivity (Wildman–Crippen MR) is 81.5 cm³/mol. The zero-order valence-corrected chi connectivity index (χ0v) is 13.1. The van der Waals surface area contributed by atoms with Gasteiger partial charge in [0.1, 0.15) is 5.75 Å². The summed E-state index contributed by atoms with van der Waals surface area (Å²) in [7, 11) is 3.42. The summed E-state index contributed by atoms with van der Waals surface area (Å²) in [5.74, 6) is 1.00. The summed E-state index contributed by atoms with van der Waals surface area (Å²) in [5.41, 5.74) is 3.65. The lowest BCUT2D eigenvalue weighted by molar-refractivity contribution is 0.171. The second-order valence-corrected chi connectivity index (χ2v) is 4.92. The molecule has 0 fully saturated rings. The van der Waals surface area contributed by atoms with Crippen LogP contribution in [0.2, 0.25) is 0 Å². The van der Waals surface area contributed by atoms with Gasteiger partial charge in [-0.2, -0.15) is 0 Å². The van der Waals surface area contributed by atoms with E-state index in [1.807, 2.05) is 0 Å². The molecule has 0 bridgehead atoms. The SMILES string of the molecule is COCCCOc1c(C)cc(CNCCOC)cc1C. The maximum Gasteiger partial charge on any atom is 0.125 e. The highest BCUT2D eigenvalue weighted by atomic mass is 16.5. The van der Waals surface area contributed by atoms with Gasteiger partial charge in [-0.25, -0.2) is 0 Å². The molecule has 0 saturated carbocycles. The van der Waals surface area contributed by atoms with Gasteiger partial charge in [0, 0.05) is 40.3 Å². The Labute approximate surface area is 122 Å². The van der Waals surface area contributed by atoms with Gasteiger partial charge >= 0.3 is 0 Å². The highest BCUT2D eigenvalue weighted by Gasteiger charge is 2.06. The Morgan fingerprint density at radius 1 is 0.950 bits per heavy atom. The molecular weight excluding hydrogens is 254 g/mol. The average Bonchev–Trinajstić information content (AvgIpc) is 2.42. The van der Waals surface area contributed by atoms with E-state index in [1.54, 1.807) is 14.2 Å². The third-order valence-corrected chi connectivity index (χ3v) is 3.07. The normalized spacial score (nSPS) is 10.8. The van der Waals surface area contributed by atoms with Crippen molar-refractivity contribution in [2.45, 2.75) is 26.8 Å². The van der Waals surface area contributed by atoms with Gasteiger partial charge in [-0.3, -0.25) is 0 Å². The van der Waals surface area contributed by atoms with Crippen LogP contribution in [0.25, 0.3) is 0 Å². The predicted octanol–water partition coefficient (Wildman–Crippen LogP) is 2.45. The maximum atomic E-state index is 5.85. The van der Waals surface area contributed by atoms with Gasteiger partial charge < -0.3 is 19.5 Å². The van der Waals surface area contributed by atoms with Crippen molar-refractivity contribution in [2.24, 2.45) is 0 Å². The van der Waals surface area contributed by atoms with Crippen molar-refractivity contribution in [2.75, 3.05) is 40.6 Å². The number of nitrogens with one attached hydrogen (secondary N) is 1. The van der Waals surface area contributed by atoms with Crippen LogP contribution in [-0.2, 0) is 16.0 Å². The molecule has 0 radical (unpaired) electrons. The lowest BCUT2D eigenvalue weighted by Gasteiger charge is -2.14. The van der Waals surface area contributed by atoms with E-state index in [0.29, 0.717) is 6.61 Å². The summed E-state index contributed by atoms with van der Waals surface area (Å²) in [4.78, 5) is 0. The van der Waals surface area contributed by atoms with Gasteiger partial charge in [-0.15, -0.1) is 0 Å². The maximum absolute atomic E-state index is 5.85. The van der Waals surface area contributed by atoms with E-state index in [9.17, 15) is 0 Å². The molecule has 20 heavy (non-hydrogen) atoms. The third-order valence-electron chi connectivity index (χ3n) is 3.07. The first-order valence-corrected chi connectivity index (χ1v) is 7.10. The zero-order chi connectivity index (χ0) is 14.8. The fourth-order valence-corrected chi connectivity index (χ4v) is 2.15. The van der Waals surface area contributed by atoms with Crippen molar-refractivity contribution >= 4 is 0 Å². The highest BCUT2D eigenvalue weighted by molar-refractivity contribution is 5.43. The van der Waals surface area contributed by atoms with Gasteiger partial charge in [-0.05, 0) is 30.5 Å². The van der Waals surface area contributed by atoms with Crippen LogP contribution in [0, 0.1) is 13.8 Å². The van der Waals surface area contributed by atoms with Crippen LogP contribution in [-0.4, -0.2) is 40.6 Å². The van der Waals surface area contributed by atoms with Gasteiger partial charge in [-0.1, -0.05) is 12.1 Å². The van der Waals surface area contributed by atoms with E-state index in [0.717, 1.165) is 38.5 Å². The largest absolute Gasteiger partial charge is 0.493 e. The number of aryl methyl sites for hydroxylation is 2. The van der Waals surface area contributed by atoms with Crippen molar-refractivity contribution in [3.05, 3.63) is 28.8 Å². The number of hydrogen-bond acceptors (Lipinski definition) is 4. The number of hydrogen-bond donors (Lipinski definition) is 1. The summed E-state index contributed by atoms with van der Waals surface area (Å²) < 4.78 is 15.9. The van der Waals surface area contributed by atoms with E-state index in [4.69, 9.17) is 14.2 Å². The van der Waals surface area contributed by atoms with Crippen LogP contribution < -0.4 is 10.1 Å². The van der Waals surface area contributed by atoms with Gasteiger partial charge in [0.05, 0.1) is 13.2 Å². The van der Waals surface area contributed by atoms with Crippen molar-refractivity contribution in [3.8, 4) is 5.75 Å². The molecule has 4 nitrogen and oxygen atoms in total. The average molecular weight is 281 g/mol. The monoisotopic (exact) mass is 281 g/mol. The molecular formula is C16H27NO3. The number of ether oxygens (including phenoxy) is 3. The van der Waals surface area contributed by atoms with E-state index < -0.39 is 0 Å². The number of methoxy groups -OCH3 is 2. The Bertz CT molecular complexity index is 370. The molecule has 0 spiro atoms. The molecule has 0 heterocycles. The third kappa shape index (κ3) is 5.90. The summed E-state index contributed by atoms with van der Waals surface area (Å²) in [6.07, 6.45) is 0.912. The lowest BCUT2D eigenvalue weighted by atomic mass is 10.1. The minimum Gasteiger partial charge on any atom is -0.493 e. The first kappa shape index (κ1) is 17.0. The minimum atomic E-state index is 0.695. The fraction of sp³-hybridized carbons (Fsp3) is 0.625. The molecule has 0 aliphatic carbocycles. The van der Waals surface area contributed by atoms with Crippen molar-refractivity contribution in [1.82, 2.24) is 5.32 Å². The molecule has 0 unspecified atom stereocenters. The van der Waals surface area contributed by atoms with Crippen molar-refractivity contribution < 1.29 is 14.2 Å². The molecule has 0 aliphatic rings. The first-order valence-electron chi connectivity index (χ1n) is 7.10. The Kier molecular flexibility index (Phi) is 8.26. The smallest absolute Gasteiger partial charge is 0.125 e. The molecule has 1 aromatic carbocycles. The molecule has 1 N–H and O–H groups in total. The molecule has 114 valence electrons. The van der Waals surface area contributed by atoms with Crippen LogP contribution in [0.4, 0.5) is 0 Å². The standard InChI is InChI=1S/C16H27NO3/c1-13-10-15(12-17-6-9-19-4)11-14(2)16(13)20-8-5-7-18-3/h10-11,17H,5-9,12H2,1-4H3. The lowest BCUT2D eigenvalue weighted by Crippen LogP contribution is -2.18. The van der Waals surface area contributed by atoms with E-state index in [2.05, 4.69) is 31.3 Å². The Balaban J connectivity index is 2.52. The summed E-state index contributed by atoms with van der Waals surface area (Å²) in [5, 5.41) is 3.35. The molecule has 1 rings (SSSR count). The minimum absolute atomic E-state index is 0.695. The topological polar surface area (TPSA) is 39.7 Å². The second kappa shape index (κ2) is 9.75. The zero-order valence-electron chi connectivity index (χ0n) is 13.1. The number of benzene rings is 1. The summed E-state index contributed by atoms with van der Waals surface area (Å²) in [6, 6.07) is 4.36. The Morgan fingerprint density at radius 2 is 1.60 bits per heavy atom. The molecule has 0 aromatic heterocycles. The highest BCUT2D eigenvalue weighted by Crippen LogP contribution is 2.25. The second-order valence-electron chi connectivity index (χ2n) is 4.92. The van der Waals surface area contributed by atoms with E-state index in [1.165, 1.54) is 16.7 Å². The van der Waals surface area contributed by atoms with Crippen LogP contribution in [0.5, 0.6) is 5.75 Å². The van der Waals surface area contributed by atoms with E-state index >= 15 is 0 Å². The quantitative estimate of drug-likeness (QED) is 0.669. The van der Waals surface area contributed by atoms with Crippen LogP contribution in [0.1, 0.15) is 23.1 Å². The Morgan fingerprint density at radius 3 is 2.20 bits per heavy atom. The van der Waals surface area contributed by atoms with Crippen molar-refractivity contribution in [3.63, 3.8) is 0 Å². The Hall–Kier alpha value is -1.10. The number of rotatable bonds is 10.